The van der Waals surface area contributed by atoms with Crippen molar-refractivity contribution in [2.75, 3.05) is 0 Å². The minimum Gasteiger partial charge on any atom is -0.339 e. The van der Waals surface area contributed by atoms with Gasteiger partial charge >= 0.3 is 0 Å². The molecular formula is C10H19N3O. The molecule has 0 fully saturated rings. The first kappa shape index (κ1) is 11.2. The van der Waals surface area contributed by atoms with Crippen LogP contribution in [0.25, 0.3) is 0 Å². The lowest BCUT2D eigenvalue weighted by Crippen LogP contribution is -2.15. The average molecular weight is 197 g/mol. The molecule has 0 aliphatic rings. The summed E-state index contributed by atoms with van der Waals surface area (Å²) in [7, 11) is 0. The van der Waals surface area contributed by atoms with Gasteiger partial charge in [-0.25, -0.2) is 0 Å². The van der Waals surface area contributed by atoms with Crippen LogP contribution in [0.5, 0.6) is 0 Å². The summed E-state index contributed by atoms with van der Waals surface area (Å²) >= 11 is 0. The molecule has 2 N–H and O–H groups in total. The second-order valence-electron chi connectivity index (χ2n) is 3.72. The first-order chi connectivity index (χ1) is 6.72. The molecule has 0 saturated carbocycles. The molecule has 14 heavy (non-hydrogen) atoms. The first-order valence-electron chi connectivity index (χ1n) is 5.29. The van der Waals surface area contributed by atoms with Crippen molar-refractivity contribution in [2.24, 2.45) is 5.73 Å². The lowest BCUT2D eigenvalue weighted by molar-refractivity contribution is 0.367. The largest absolute Gasteiger partial charge is 0.339 e. The van der Waals surface area contributed by atoms with Gasteiger partial charge in [0.2, 0.25) is 5.89 Å². The molecular weight excluding hydrogens is 178 g/mol. The smallest absolute Gasteiger partial charge is 0.226 e. The van der Waals surface area contributed by atoms with Crippen molar-refractivity contribution < 1.29 is 4.52 Å². The maximum atomic E-state index is 5.64. The third-order valence-electron chi connectivity index (χ3n) is 2.08. The van der Waals surface area contributed by atoms with Gasteiger partial charge in [0.05, 0.1) is 0 Å². The minimum absolute atomic E-state index is 0.195. The molecule has 0 aliphatic heterocycles. The molecule has 0 bridgehead atoms. The highest BCUT2D eigenvalue weighted by atomic mass is 16.5. The van der Waals surface area contributed by atoms with E-state index in [0.29, 0.717) is 5.89 Å². The molecule has 0 amide bonds. The van der Waals surface area contributed by atoms with Crippen LogP contribution in [0.2, 0.25) is 0 Å². The number of rotatable bonds is 6. The number of aryl methyl sites for hydroxylation is 2. The Hall–Kier alpha value is -0.900. The second kappa shape index (κ2) is 5.75. The van der Waals surface area contributed by atoms with Crippen LogP contribution in [0.4, 0.5) is 0 Å². The summed E-state index contributed by atoms with van der Waals surface area (Å²) in [6.07, 6.45) is 4.88. The summed E-state index contributed by atoms with van der Waals surface area (Å²) in [6.45, 7) is 4.13. The van der Waals surface area contributed by atoms with Gasteiger partial charge in [0.1, 0.15) is 0 Å². The van der Waals surface area contributed by atoms with E-state index in [9.17, 15) is 0 Å². The van der Waals surface area contributed by atoms with E-state index in [1.54, 1.807) is 0 Å². The first-order valence-corrected chi connectivity index (χ1v) is 5.29. The zero-order valence-electron chi connectivity index (χ0n) is 8.99. The van der Waals surface area contributed by atoms with Crippen LogP contribution in [0.1, 0.15) is 44.8 Å². The van der Waals surface area contributed by atoms with Crippen LogP contribution >= 0.6 is 0 Å². The summed E-state index contributed by atoms with van der Waals surface area (Å²) in [6, 6.07) is 0.195. The van der Waals surface area contributed by atoms with Crippen LogP contribution in [0, 0.1) is 0 Å². The van der Waals surface area contributed by atoms with Gasteiger partial charge in [-0.05, 0) is 19.8 Å². The van der Waals surface area contributed by atoms with E-state index in [-0.39, 0.29) is 6.04 Å². The molecule has 0 aromatic carbocycles. The summed E-state index contributed by atoms with van der Waals surface area (Å²) in [5.74, 6) is 1.54. The van der Waals surface area contributed by atoms with Gasteiger partial charge in [-0.2, -0.15) is 4.98 Å². The zero-order chi connectivity index (χ0) is 10.4. The van der Waals surface area contributed by atoms with Gasteiger partial charge in [-0.15, -0.1) is 0 Å². The average Bonchev–Trinajstić information content (AvgIpc) is 2.59. The topological polar surface area (TPSA) is 64.9 Å². The number of nitrogens with two attached hydrogens (primary N) is 1. The molecule has 4 heteroatoms. The Labute approximate surface area is 84.9 Å². The van der Waals surface area contributed by atoms with E-state index in [0.717, 1.165) is 37.9 Å². The Bertz CT molecular complexity index is 258. The zero-order valence-corrected chi connectivity index (χ0v) is 8.99. The van der Waals surface area contributed by atoms with Crippen molar-refractivity contribution in [3.63, 3.8) is 0 Å². The van der Waals surface area contributed by atoms with Crippen molar-refractivity contribution >= 4 is 0 Å². The second-order valence-corrected chi connectivity index (χ2v) is 3.72. The number of unbranched alkanes of at least 4 members (excludes halogenated alkanes) is 1. The minimum atomic E-state index is 0.195. The quantitative estimate of drug-likeness (QED) is 0.753. The Morgan fingerprint density at radius 3 is 2.86 bits per heavy atom. The molecule has 80 valence electrons. The molecule has 0 radical (unpaired) electrons. The third kappa shape index (κ3) is 3.87. The molecule has 1 rings (SSSR count). The summed E-state index contributed by atoms with van der Waals surface area (Å²) < 4.78 is 5.10. The maximum absolute atomic E-state index is 5.64. The van der Waals surface area contributed by atoms with E-state index in [4.69, 9.17) is 10.3 Å². The monoisotopic (exact) mass is 197 g/mol. The van der Waals surface area contributed by atoms with Gasteiger partial charge in [-0.3, -0.25) is 0 Å². The van der Waals surface area contributed by atoms with E-state index in [2.05, 4.69) is 17.1 Å². The van der Waals surface area contributed by atoms with Crippen LogP contribution in [0.15, 0.2) is 4.52 Å². The summed E-state index contributed by atoms with van der Waals surface area (Å²) in [4.78, 5) is 4.29. The van der Waals surface area contributed by atoms with E-state index in [1.165, 1.54) is 0 Å². The Balaban J connectivity index is 2.35. The fourth-order valence-corrected chi connectivity index (χ4v) is 1.18. The molecule has 1 aromatic rings. The predicted octanol–water partition coefficient (Wildman–Crippen LogP) is 1.69. The molecule has 1 heterocycles. The maximum Gasteiger partial charge on any atom is 0.226 e. The van der Waals surface area contributed by atoms with Crippen LogP contribution < -0.4 is 5.73 Å². The van der Waals surface area contributed by atoms with Crippen molar-refractivity contribution in [2.45, 2.75) is 52.0 Å². The van der Waals surface area contributed by atoms with Crippen LogP contribution in [-0.4, -0.2) is 16.2 Å². The Morgan fingerprint density at radius 2 is 2.21 bits per heavy atom. The molecule has 0 saturated heterocycles. The van der Waals surface area contributed by atoms with E-state index < -0.39 is 0 Å². The highest BCUT2D eigenvalue weighted by molar-refractivity contribution is 4.87. The highest BCUT2D eigenvalue weighted by Gasteiger charge is 2.06. The predicted molar refractivity (Wildman–Crippen MR) is 54.9 cm³/mol. The van der Waals surface area contributed by atoms with Gasteiger partial charge in [0, 0.05) is 18.9 Å². The van der Waals surface area contributed by atoms with Gasteiger partial charge in [0.15, 0.2) is 5.82 Å². The van der Waals surface area contributed by atoms with Gasteiger partial charge in [-0.1, -0.05) is 18.5 Å². The van der Waals surface area contributed by atoms with Gasteiger partial charge < -0.3 is 10.3 Å². The number of hydrogen-bond acceptors (Lipinski definition) is 4. The van der Waals surface area contributed by atoms with Crippen LogP contribution in [-0.2, 0) is 12.8 Å². The molecule has 1 atom stereocenters. The highest BCUT2D eigenvalue weighted by Crippen LogP contribution is 2.04. The Kier molecular flexibility index (Phi) is 4.59. The van der Waals surface area contributed by atoms with E-state index >= 15 is 0 Å². The van der Waals surface area contributed by atoms with Crippen molar-refractivity contribution in [1.29, 1.82) is 0 Å². The fourth-order valence-electron chi connectivity index (χ4n) is 1.18. The van der Waals surface area contributed by atoms with Crippen LogP contribution in [0.3, 0.4) is 0 Å². The SMILES string of the molecule is CCCCc1noc(CCC(C)N)n1. The molecule has 0 aliphatic carbocycles. The number of hydrogen-bond donors (Lipinski definition) is 1. The van der Waals surface area contributed by atoms with Crippen molar-refractivity contribution in [3.05, 3.63) is 11.7 Å². The molecule has 0 spiro atoms. The lowest BCUT2D eigenvalue weighted by Gasteiger charge is -1.99. The lowest BCUT2D eigenvalue weighted by atomic mass is 10.2. The van der Waals surface area contributed by atoms with Gasteiger partial charge in [0.25, 0.3) is 0 Å². The number of aromatic nitrogens is 2. The molecule has 4 nitrogen and oxygen atoms in total. The van der Waals surface area contributed by atoms with Crippen molar-refractivity contribution in [1.82, 2.24) is 10.1 Å². The van der Waals surface area contributed by atoms with Crippen molar-refractivity contribution in [3.8, 4) is 0 Å². The standard InChI is InChI=1S/C10H19N3O/c1-3-4-5-9-12-10(14-13-9)7-6-8(2)11/h8H,3-7,11H2,1-2H3. The molecule has 1 aromatic heterocycles. The summed E-state index contributed by atoms with van der Waals surface area (Å²) in [5, 5.41) is 3.90. The normalized spacial score (nSPS) is 13.1. The fraction of sp³-hybridized carbons (Fsp3) is 0.800. The molecule has 1 unspecified atom stereocenters. The summed E-state index contributed by atoms with van der Waals surface area (Å²) in [5.41, 5.74) is 5.64. The third-order valence-corrected chi connectivity index (χ3v) is 2.08. The van der Waals surface area contributed by atoms with E-state index in [1.807, 2.05) is 6.92 Å². The Morgan fingerprint density at radius 1 is 1.43 bits per heavy atom. The number of nitrogens with zero attached hydrogens (tertiary/aromatic N) is 2.